The van der Waals surface area contributed by atoms with Crippen molar-refractivity contribution in [3.63, 3.8) is 0 Å². The van der Waals surface area contributed by atoms with Crippen LogP contribution >= 0.6 is 0 Å². The highest BCUT2D eigenvalue weighted by molar-refractivity contribution is 7.89. The molecule has 1 aromatic carbocycles. The molecule has 2 unspecified atom stereocenters. The maximum absolute atomic E-state index is 12.6. The molecule has 7 heteroatoms. The Kier molecular flexibility index (Phi) is 5.48. The molecule has 2 aliphatic rings. The Morgan fingerprint density at radius 3 is 2.31 bits per heavy atom. The molecule has 6 nitrogen and oxygen atoms in total. The number of likely N-dealkylation sites (tertiary alicyclic amines) is 1. The molecule has 2 atom stereocenters. The second-order valence-electron chi connectivity index (χ2n) is 7.26. The van der Waals surface area contributed by atoms with Crippen LogP contribution in [0.25, 0.3) is 0 Å². The molecule has 1 saturated heterocycles. The summed E-state index contributed by atoms with van der Waals surface area (Å²) in [7, 11) is -3.60. The quantitative estimate of drug-likeness (QED) is 0.770. The van der Waals surface area contributed by atoms with Crippen LogP contribution in [-0.4, -0.2) is 31.7 Å². The number of nitrogens with one attached hydrogen (secondary N) is 1. The van der Waals surface area contributed by atoms with E-state index in [-0.39, 0.29) is 35.1 Å². The van der Waals surface area contributed by atoms with E-state index in [1.54, 1.807) is 25.1 Å². The largest absolute Gasteiger partial charge is 0.278 e. The fourth-order valence-corrected chi connectivity index (χ4v) is 5.34. The van der Waals surface area contributed by atoms with Crippen molar-refractivity contribution in [2.24, 2.45) is 11.8 Å². The average molecular weight is 378 g/mol. The molecule has 3 rings (SSSR count). The number of carbonyl (C=O) groups excluding carboxylic acids is 2. The molecule has 0 aromatic heterocycles. The highest BCUT2D eigenvalue weighted by Crippen LogP contribution is 2.38. The highest BCUT2D eigenvalue weighted by atomic mass is 32.2. The number of fused-ring (bicyclic) bond motifs is 1. The number of carbonyl (C=O) groups is 2. The highest BCUT2D eigenvalue weighted by Gasteiger charge is 2.47. The van der Waals surface area contributed by atoms with Gasteiger partial charge in [-0.3, -0.25) is 14.5 Å². The molecule has 1 aliphatic carbocycles. The van der Waals surface area contributed by atoms with Gasteiger partial charge < -0.3 is 0 Å². The van der Waals surface area contributed by atoms with E-state index >= 15 is 0 Å². The molecule has 142 valence electrons. The fraction of sp³-hybridized carbons (Fsp3) is 0.579. The van der Waals surface area contributed by atoms with E-state index in [1.165, 1.54) is 4.90 Å². The zero-order chi connectivity index (χ0) is 18.9. The van der Waals surface area contributed by atoms with Crippen LogP contribution in [0.3, 0.4) is 0 Å². The maximum atomic E-state index is 12.6. The third-order valence-electron chi connectivity index (χ3n) is 5.36. The minimum atomic E-state index is -3.60. The summed E-state index contributed by atoms with van der Waals surface area (Å²) in [5.74, 6) is -0.574. The molecule has 0 bridgehead atoms. The lowest BCUT2D eigenvalue weighted by Crippen LogP contribution is -2.31. The first-order valence-electron chi connectivity index (χ1n) is 9.29. The van der Waals surface area contributed by atoms with E-state index < -0.39 is 10.0 Å². The molecule has 1 saturated carbocycles. The minimum absolute atomic E-state index is 0.103. The van der Waals surface area contributed by atoms with Gasteiger partial charge in [-0.15, -0.1) is 0 Å². The van der Waals surface area contributed by atoms with Crippen LogP contribution in [0.1, 0.15) is 50.2 Å². The van der Waals surface area contributed by atoms with E-state index in [1.807, 2.05) is 6.92 Å². The first-order valence-corrected chi connectivity index (χ1v) is 10.8. The zero-order valence-electron chi connectivity index (χ0n) is 15.3. The van der Waals surface area contributed by atoms with Crippen LogP contribution < -0.4 is 4.72 Å². The Morgan fingerprint density at radius 1 is 1.12 bits per heavy atom. The van der Waals surface area contributed by atoms with Gasteiger partial charge in [0.25, 0.3) is 0 Å². The van der Waals surface area contributed by atoms with Crippen LogP contribution in [0.15, 0.2) is 23.1 Å². The fourth-order valence-electron chi connectivity index (χ4n) is 3.92. The van der Waals surface area contributed by atoms with E-state index in [9.17, 15) is 18.0 Å². The smallest absolute Gasteiger partial charge is 0.240 e. The van der Waals surface area contributed by atoms with Crippen LogP contribution in [0.5, 0.6) is 0 Å². The third kappa shape index (κ3) is 3.55. The van der Waals surface area contributed by atoms with Gasteiger partial charge in [-0.25, -0.2) is 13.1 Å². The number of sulfonamides is 1. The molecule has 2 amide bonds. The summed E-state index contributed by atoms with van der Waals surface area (Å²) in [4.78, 5) is 26.8. The Morgan fingerprint density at radius 2 is 1.73 bits per heavy atom. The van der Waals surface area contributed by atoms with Crippen molar-refractivity contribution in [2.45, 2.75) is 57.4 Å². The number of imide groups is 1. The van der Waals surface area contributed by atoms with Gasteiger partial charge in [0.05, 0.1) is 23.3 Å². The van der Waals surface area contributed by atoms with Gasteiger partial charge in [0.2, 0.25) is 21.8 Å². The van der Waals surface area contributed by atoms with Crippen molar-refractivity contribution in [1.82, 2.24) is 9.62 Å². The standard InChI is InChI=1S/C19H26N2O4S/c1-3-10-20-26(24,25)17-11-14(9-8-13(17)2)12-21-18(22)15-6-4-5-7-16(15)19(21)23/h8-9,11,15-16,20H,3-7,10,12H2,1-2H3. The number of nitrogens with zero attached hydrogens (tertiary/aromatic N) is 1. The molecule has 1 aliphatic heterocycles. The van der Waals surface area contributed by atoms with Crippen LogP contribution in [0.4, 0.5) is 0 Å². The van der Waals surface area contributed by atoms with Crippen LogP contribution in [0, 0.1) is 18.8 Å². The van der Waals surface area contributed by atoms with Gasteiger partial charge in [-0.2, -0.15) is 0 Å². The Hall–Kier alpha value is -1.73. The van der Waals surface area contributed by atoms with Crippen LogP contribution in [0.2, 0.25) is 0 Å². The molecule has 2 fully saturated rings. The second-order valence-corrected chi connectivity index (χ2v) is 8.99. The van der Waals surface area contributed by atoms with E-state index in [2.05, 4.69) is 4.72 Å². The predicted octanol–water partition coefficient (Wildman–Crippen LogP) is 2.36. The topological polar surface area (TPSA) is 83.6 Å². The molecule has 1 aromatic rings. The lowest BCUT2D eigenvalue weighted by Gasteiger charge is -2.19. The van der Waals surface area contributed by atoms with Crippen LogP contribution in [-0.2, 0) is 26.2 Å². The zero-order valence-corrected chi connectivity index (χ0v) is 16.1. The summed E-state index contributed by atoms with van der Waals surface area (Å²) in [5, 5.41) is 0. The van der Waals surface area contributed by atoms with Gasteiger partial charge in [0, 0.05) is 6.54 Å². The minimum Gasteiger partial charge on any atom is -0.278 e. The summed E-state index contributed by atoms with van der Waals surface area (Å²) in [6.45, 7) is 4.15. The van der Waals surface area contributed by atoms with Crippen molar-refractivity contribution in [2.75, 3.05) is 6.54 Å². The van der Waals surface area contributed by atoms with Crippen molar-refractivity contribution in [3.05, 3.63) is 29.3 Å². The number of hydrogen-bond acceptors (Lipinski definition) is 4. The summed E-state index contributed by atoms with van der Waals surface area (Å²) in [6, 6.07) is 5.10. The number of benzene rings is 1. The van der Waals surface area contributed by atoms with Crippen molar-refractivity contribution < 1.29 is 18.0 Å². The van der Waals surface area contributed by atoms with Gasteiger partial charge in [0.1, 0.15) is 0 Å². The van der Waals surface area contributed by atoms with Gasteiger partial charge in [-0.05, 0) is 43.4 Å². The molecule has 0 radical (unpaired) electrons. The number of hydrogen-bond donors (Lipinski definition) is 1. The van der Waals surface area contributed by atoms with Crippen molar-refractivity contribution in [3.8, 4) is 0 Å². The summed E-state index contributed by atoms with van der Waals surface area (Å²) in [5.41, 5.74) is 1.30. The lowest BCUT2D eigenvalue weighted by molar-refractivity contribution is -0.140. The second kappa shape index (κ2) is 7.48. The Labute approximate surface area is 155 Å². The normalized spacial score (nSPS) is 23.4. The SMILES string of the molecule is CCCNS(=O)(=O)c1cc(CN2C(=O)C3CCCCC3C2=O)ccc1C. The lowest BCUT2D eigenvalue weighted by atomic mass is 9.81. The van der Waals surface area contributed by atoms with Gasteiger partial charge in [-0.1, -0.05) is 31.9 Å². The summed E-state index contributed by atoms with van der Waals surface area (Å²) >= 11 is 0. The van der Waals surface area contributed by atoms with Crippen molar-refractivity contribution >= 4 is 21.8 Å². The molecular weight excluding hydrogens is 352 g/mol. The first kappa shape index (κ1) is 19.0. The van der Waals surface area contributed by atoms with Gasteiger partial charge in [0.15, 0.2) is 0 Å². The summed E-state index contributed by atoms with van der Waals surface area (Å²) in [6.07, 6.45) is 4.24. The van der Waals surface area contributed by atoms with E-state index in [0.29, 0.717) is 24.1 Å². The van der Waals surface area contributed by atoms with E-state index in [0.717, 1.165) is 25.7 Å². The first-order chi connectivity index (χ1) is 12.3. The van der Waals surface area contributed by atoms with Gasteiger partial charge >= 0.3 is 0 Å². The number of rotatable bonds is 6. The molecule has 1 heterocycles. The Balaban J connectivity index is 1.84. The molecule has 0 spiro atoms. The predicted molar refractivity (Wildman–Crippen MR) is 97.7 cm³/mol. The van der Waals surface area contributed by atoms with Crippen molar-refractivity contribution in [1.29, 1.82) is 0 Å². The monoisotopic (exact) mass is 378 g/mol. The maximum Gasteiger partial charge on any atom is 0.240 e. The average Bonchev–Trinajstić information content (AvgIpc) is 2.87. The number of aryl methyl sites for hydroxylation is 1. The Bertz CT molecular complexity index is 795. The van der Waals surface area contributed by atoms with E-state index in [4.69, 9.17) is 0 Å². The molecule has 26 heavy (non-hydrogen) atoms. The summed E-state index contributed by atoms with van der Waals surface area (Å²) < 4.78 is 27.5. The number of amides is 2. The third-order valence-corrected chi connectivity index (χ3v) is 6.96. The molecular formula is C19H26N2O4S. The molecule has 1 N–H and O–H groups in total.